The van der Waals surface area contributed by atoms with Gasteiger partial charge in [0.25, 0.3) is 11.1 Å². The molecule has 1 aliphatic heterocycles. The molecule has 1 fully saturated rings. The van der Waals surface area contributed by atoms with E-state index in [1.165, 1.54) is 4.90 Å². The molecule has 4 nitrogen and oxygen atoms in total. The van der Waals surface area contributed by atoms with Gasteiger partial charge in [-0.25, -0.2) is 0 Å². The van der Waals surface area contributed by atoms with E-state index in [0.29, 0.717) is 22.1 Å². The maximum absolute atomic E-state index is 12.6. The van der Waals surface area contributed by atoms with Crippen molar-refractivity contribution in [1.29, 1.82) is 0 Å². The maximum atomic E-state index is 12.6. The van der Waals surface area contributed by atoms with Crippen LogP contribution in [0.15, 0.2) is 35.2 Å². The molecule has 9 heteroatoms. The van der Waals surface area contributed by atoms with Crippen molar-refractivity contribution < 1.29 is 14.7 Å². The molecule has 0 saturated carbocycles. The number of phenols is 1. The molecular weight excluding hydrogens is 623 g/mol. The minimum Gasteiger partial charge on any atom is -0.506 e. The maximum Gasteiger partial charge on any atom is 0.293 e. The molecule has 0 aliphatic carbocycles. The fourth-order valence-corrected chi connectivity index (χ4v) is 5.25. The van der Waals surface area contributed by atoms with Crippen molar-refractivity contribution in [1.82, 2.24) is 4.90 Å². The lowest BCUT2D eigenvalue weighted by atomic mass is 10.2. The molecule has 26 heavy (non-hydrogen) atoms. The third kappa shape index (κ3) is 4.32. The van der Waals surface area contributed by atoms with Crippen LogP contribution < -0.4 is 0 Å². The van der Waals surface area contributed by atoms with Crippen LogP contribution in [0.3, 0.4) is 0 Å². The fraction of sp³-hybridized carbons (Fsp3) is 0.0588. The molecule has 1 saturated heterocycles. The van der Waals surface area contributed by atoms with Crippen molar-refractivity contribution in [3.8, 4) is 5.75 Å². The molecule has 0 unspecified atom stereocenters. The predicted octanol–water partition coefficient (Wildman–Crippen LogP) is 6.14. The number of carbonyl (C=O) groups is 2. The Morgan fingerprint density at radius 2 is 1.73 bits per heavy atom. The molecular formula is C17H9Cl2I2NO3S. The van der Waals surface area contributed by atoms with E-state index in [4.69, 9.17) is 23.2 Å². The molecule has 2 aromatic rings. The molecule has 1 heterocycles. The van der Waals surface area contributed by atoms with Crippen LogP contribution in [0.5, 0.6) is 5.75 Å². The first kappa shape index (κ1) is 20.2. The molecule has 0 radical (unpaired) electrons. The summed E-state index contributed by atoms with van der Waals surface area (Å²) in [5, 5.41) is 10.3. The van der Waals surface area contributed by atoms with Crippen molar-refractivity contribution in [2.75, 3.05) is 0 Å². The highest BCUT2D eigenvalue weighted by Gasteiger charge is 2.35. The summed E-state index contributed by atoms with van der Waals surface area (Å²) in [4.78, 5) is 26.4. The molecule has 134 valence electrons. The number of aromatic hydroxyl groups is 1. The predicted molar refractivity (Wildman–Crippen MR) is 122 cm³/mol. The summed E-state index contributed by atoms with van der Waals surface area (Å²) >= 11 is 16.8. The minimum absolute atomic E-state index is 0.129. The van der Waals surface area contributed by atoms with E-state index >= 15 is 0 Å². The Kier molecular flexibility index (Phi) is 6.43. The molecule has 2 aromatic carbocycles. The standard InChI is InChI=1S/C17H9Cl2I2NO3S/c18-10-2-1-8(3-11(10)19)7-22-16(24)14(26-17(22)25)6-9-4-12(20)15(23)13(21)5-9/h1-6,23H,7H2/b14-6+. The van der Waals surface area contributed by atoms with E-state index in [1.807, 2.05) is 45.2 Å². The van der Waals surface area contributed by atoms with E-state index in [-0.39, 0.29) is 23.4 Å². The second kappa shape index (κ2) is 8.26. The number of benzene rings is 2. The zero-order chi connectivity index (χ0) is 19.0. The van der Waals surface area contributed by atoms with Crippen LogP contribution in [-0.4, -0.2) is 21.2 Å². The van der Waals surface area contributed by atoms with Crippen LogP contribution in [0.4, 0.5) is 4.79 Å². The van der Waals surface area contributed by atoms with Gasteiger partial charge < -0.3 is 5.11 Å². The largest absolute Gasteiger partial charge is 0.506 e. The van der Waals surface area contributed by atoms with Crippen LogP contribution >= 0.6 is 80.1 Å². The Labute approximate surface area is 191 Å². The van der Waals surface area contributed by atoms with Gasteiger partial charge in [-0.1, -0.05) is 29.3 Å². The average molecular weight is 632 g/mol. The monoisotopic (exact) mass is 631 g/mol. The third-order valence-corrected chi connectivity index (χ3v) is 6.83. The van der Waals surface area contributed by atoms with E-state index < -0.39 is 0 Å². The summed E-state index contributed by atoms with van der Waals surface area (Å²) < 4.78 is 1.35. The number of hydrogen-bond acceptors (Lipinski definition) is 4. The third-order valence-electron chi connectivity index (χ3n) is 3.54. The van der Waals surface area contributed by atoms with Crippen LogP contribution in [0.25, 0.3) is 6.08 Å². The second-order valence-electron chi connectivity index (χ2n) is 5.35. The number of nitrogens with zero attached hydrogens (tertiary/aromatic N) is 1. The van der Waals surface area contributed by atoms with Gasteiger partial charge in [0.1, 0.15) is 5.75 Å². The summed E-state index contributed by atoms with van der Waals surface area (Å²) in [6, 6.07) is 8.51. The fourth-order valence-electron chi connectivity index (χ4n) is 2.28. The summed E-state index contributed by atoms with van der Waals surface area (Å²) in [5.41, 5.74) is 1.47. The van der Waals surface area contributed by atoms with Crippen LogP contribution in [-0.2, 0) is 11.3 Å². The number of hydrogen-bond donors (Lipinski definition) is 1. The van der Waals surface area contributed by atoms with Crippen molar-refractivity contribution in [2.24, 2.45) is 0 Å². The van der Waals surface area contributed by atoms with Crippen LogP contribution in [0.2, 0.25) is 10.0 Å². The van der Waals surface area contributed by atoms with Crippen LogP contribution in [0.1, 0.15) is 11.1 Å². The number of rotatable bonds is 3. The highest BCUT2D eigenvalue weighted by molar-refractivity contribution is 14.1. The van der Waals surface area contributed by atoms with Gasteiger partial charge in [-0.15, -0.1) is 0 Å². The smallest absolute Gasteiger partial charge is 0.293 e. The lowest BCUT2D eigenvalue weighted by Gasteiger charge is -2.13. The summed E-state index contributed by atoms with van der Waals surface area (Å²) in [6.45, 7) is 0.129. The summed E-state index contributed by atoms with van der Waals surface area (Å²) in [5.74, 6) is -0.153. The second-order valence-corrected chi connectivity index (χ2v) is 9.48. The van der Waals surface area contributed by atoms with Crippen LogP contribution in [0, 0.1) is 7.14 Å². The van der Waals surface area contributed by atoms with E-state index in [0.717, 1.165) is 22.9 Å². The Balaban J connectivity index is 1.85. The van der Waals surface area contributed by atoms with Gasteiger partial charge in [0, 0.05) is 0 Å². The number of amides is 2. The molecule has 1 aliphatic rings. The van der Waals surface area contributed by atoms with Gasteiger partial charge in [-0.05, 0) is 98.4 Å². The quantitative estimate of drug-likeness (QED) is 0.327. The van der Waals surface area contributed by atoms with Crippen molar-refractivity contribution in [2.45, 2.75) is 6.54 Å². The molecule has 0 aromatic heterocycles. The number of imide groups is 1. The topological polar surface area (TPSA) is 57.6 Å². The Morgan fingerprint density at radius 3 is 2.35 bits per heavy atom. The lowest BCUT2D eigenvalue weighted by molar-refractivity contribution is -0.123. The minimum atomic E-state index is -0.357. The first-order valence-electron chi connectivity index (χ1n) is 7.13. The normalized spacial score (nSPS) is 16.0. The molecule has 0 bridgehead atoms. The van der Waals surface area contributed by atoms with Crippen molar-refractivity contribution in [3.63, 3.8) is 0 Å². The Morgan fingerprint density at radius 1 is 1.08 bits per heavy atom. The average Bonchev–Trinajstić information content (AvgIpc) is 2.83. The zero-order valence-corrected chi connectivity index (χ0v) is 19.4. The van der Waals surface area contributed by atoms with Gasteiger partial charge in [0.2, 0.25) is 0 Å². The number of halogens is 4. The van der Waals surface area contributed by atoms with Crippen molar-refractivity contribution in [3.05, 3.63) is 63.5 Å². The first-order chi connectivity index (χ1) is 12.3. The molecule has 0 spiro atoms. The molecule has 2 amide bonds. The molecule has 1 N–H and O–H groups in total. The summed E-state index contributed by atoms with van der Waals surface area (Å²) in [6.07, 6.45) is 1.66. The van der Waals surface area contributed by atoms with Gasteiger partial charge in [-0.3, -0.25) is 14.5 Å². The summed E-state index contributed by atoms with van der Waals surface area (Å²) in [7, 11) is 0. The number of phenolic OH excluding ortho intramolecular Hbond substituents is 1. The Hall–Kier alpha value is -0.490. The van der Waals surface area contributed by atoms with E-state index in [2.05, 4.69) is 0 Å². The van der Waals surface area contributed by atoms with Gasteiger partial charge in [0.15, 0.2) is 0 Å². The van der Waals surface area contributed by atoms with Gasteiger partial charge in [-0.2, -0.15) is 0 Å². The lowest BCUT2D eigenvalue weighted by Crippen LogP contribution is -2.27. The molecule has 0 atom stereocenters. The number of thioether (sulfide) groups is 1. The Bertz CT molecular complexity index is 942. The van der Waals surface area contributed by atoms with E-state index in [1.54, 1.807) is 36.4 Å². The SMILES string of the molecule is O=C1S/C(=C/c2cc(I)c(O)c(I)c2)C(=O)N1Cc1ccc(Cl)c(Cl)c1. The van der Waals surface area contributed by atoms with Gasteiger partial charge in [0.05, 0.1) is 28.6 Å². The highest BCUT2D eigenvalue weighted by Crippen LogP contribution is 2.35. The van der Waals surface area contributed by atoms with Gasteiger partial charge >= 0.3 is 0 Å². The highest BCUT2D eigenvalue weighted by atomic mass is 127. The first-order valence-corrected chi connectivity index (χ1v) is 10.9. The van der Waals surface area contributed by atoms with Crippen molar-refractivity contribution >= 4 is 97.4 Å². The zero-order valence-electron chi connectivity index (χ0n) is 12.8. The van der Waals surface area contributed by atoms with E-state index in [9.17, 15) is 14.7 Å². The number of carbonyl (C=O) groups excluding carboxylic acids is 2. The molecule has 3 rings (SSSR count).